The highest BCUT2D eigenvalue weighted by Gasteiger charge is 2.08. The first-order valence-corrected chi connectivity index (χ1v) is 10.8. The van der Waals surface area contributed by atoms with Crippen LogP contribution in [0.3, 0.4) is 0 Å². The van der Waals surface area contributed by atoms with Crippen LogP contribution in [-0.4, -0.2) is 47.5 Å². The molecule has 0 atom stereocenters. The third-order valence-electron chi connectivity index (χ3n) is 3.80. The van der Waals surface area contributed by atoms with Crippen molar-refractivity contribution in [2.75, 3.05) is 32.2 Å². The van der Waals surface area contributed by atoms with Crippen molar-refractivity contribution in [2.24, 2.45) is 5.84 Å². The second kappa shape index (κ2) is 13.5. The maximum Gasteiger partial charge on any atom is 0.226 e. The van der Waals surface area contributed by atoms with Crippen molar-refractivity contribution < 1.29 is 19.5 Å². The smallest absolute Gasteiger partial charge is 0.226 e. The lowest BCUT2D eigenvalue weighted by molar-refractivity contribution is -0.116. The van der Waals surface area contributed by atoms with Gasteiger partial charge in [0.2, 0.25) is 5.91 Å². The summed E-state index contributed by atoms with van der Waals surface area (Å²) < 4.78 is 13.9. The maximum absolute atomic E-state index is 12.1. The molecule has 0 fully saturated rings. The SMILES string of the molecule is COCCOc1ccc(-c2csc(NC(=O)CCCCCNSN(N)O)n2)cc1. The van der Waals surface area contributed by atoms with Crippen LogP contribution in [0.2, 0.25) is 0 Å². The first-order valence-electron chi connectivity index (χ1n) is 9.19. The quantitative estimate of drug-likeness (QED) is 0.152. The van der Waals surface area contributed by atoms with E-state index < -0.39 is 0 Å². The Morgan fingerprint density at radius 3 is 2.79 bits per heavy atom. The molecule has 1 aromatic carbocycles. The Morgan fingerprint density at radius 2 is 2.07 bits per heavy atom. The fourth-order valence-corrected chi connectivity index (χ4v) is 3.49. The van der Waals surface area contributed by atoms with E-state index in [2.05, 4.69) is 15.0 Å². The van der Waals surface area contributed by atoms with Gasteiger partial charge in [-0.05, 0) is 37.1 Å². The molecule has 160 valence electrons. The second-order valence-corrected chi connectivity index (χ2v) is 7.75. The van der Waals surface area contributed by atoms with Crippen LogP contribution in [0.4, 0.5) is 5.13 Å². The summed E-state index contributed by atoms with van der Waals surface area (Å²) in [6.07, 6.45) is 3.02. The highest BCUT2D eigenvalue weighted by molar-refractivity contribution is 7.94. The molecule has 9 nitrogen and oxygen atoms in total. The van der Waals surface area contributed by atoms with Gasteiger partial charge in [-0.25, -0.2) is 15.5 Å². The molecule has 0 saturated heterocycles. The first kappa shape index (κ1) is 23.5. The number of ether oxygens (including phenoxy) is 2. The minimum absolute atomic E-state index is 0.0429. The van der Waals surface area contributed by atoms with E-state index in [0.29, 0.717) is 35.9 Å². The number of unbranched alkanes of at least 4 members (excludes halogenated alkanes) is 2. The van der Waals surface area contributed by atoms with Crippen LogP contribution in [0.25, 0.3) is 11.3 Å². The molecule has 0 spiro atoms. The van der Waals surface area contributed by atoms with Gasteiger partial charge >= 0.3 is 0 Å². The Morgan fingerprint density at radius 1 is 1.28 bits per heavy atom. The van der Waals surface area contributed by atoms with Gasteiger partial charge in [0.15, 0.2) is 5.13 Å². The van der Waals surface area contributed by atoms with E-state index in [4.69, 9.17) is 20.5 Å². The standard InChI is InChI=1S/C18H27N5O4S2/c1-26-11-12-27-15-8-6-14(7-9-15)16-13-28-18(21-16)22-17(24)5-3-2-4-10-20-29-23(19)25/h6-9,13,20,25H,2-5,10-12,19H2,1H3,(H,21,22,24). The van der Waals surface area contributed by atoms with E-state index in [9.17, 15) is 4.79 Å². The summed E-state index contributed by atoms with van der Waals surface area (Å²) in [5.74, 6) is 5.77. The Kier molecular flexibility index (Phi) is 11.0. The minimum Gasteiger partial charge on any atom is -0.491 e. The van der Waals surface area contributed by atoms with Gasteiger partial charge in [0, 0.05) is 31.0 Å². The number of benzene rings is 1. The van der Waals surface area contributed by atoms with E-state index in [-0.39, 0.29) is 5.91 Å². The molecule has 1 amide bonds. The van der Waals surface area contributed by atoms with Crippen LogP contribution < -0.4 is 20.6 Å². The number of hydrogen-bond acceptors (Lipinski definition) is 10. The van der Waals surface area contributed by atoms with Gasteiger partial charge in [0.05, 0.1) is 24.4 Å². The molecule has 5 N–H and O–H groups in total. The van der Waals surface area contributed by atoms with Crippen LogP contribution in [0.15, 0.2) is 29.6 Å². The topological polar surface area (TPSA) is 122 Å². The Hall–Kier alpha value is -1.73. The van der Waals surface area contributed by atoms with Crippen molar-refractivity contribution in [3.8, 4) is 17.0 Å². The number of nitrogens with one attached hydrogen (secondary N) is 2. The summed E-state index contributed by atoms with van der Waals surface area (Å²) in [6.45, 7) is 1.75. The van der Waals surface area contributed by atoms with Crippen molar-refractivity contribution in [1.82, 2.24) is 14.3 Å². The van der Waals surface area contributed by atoms with Crippen LogP contribution >= 0.6 is 23.5 Å². The van der Waals surface area contributed by atoms with E-state index >= 15 is 0 Å². The Balaban J connectivity index is 1.69. The number of thiazole rings is 1. The number of hydrogen-bond donors (Lipinski definition) is 4. The molecule has 0 aliphatic rings. The molecule has 2 rings (SSSR count). The highest BCUT2D eigenvalue weighted by atomic mass is 32.2. The lowest BCUT2D eigenvalue weighted by Crippen LogP contribution is -2.24. The number of amides is 1. The Bertz CT molecular complexity index is 727. The second-order valence-electron chi connectivity index (χ2n) is 6.05. The molecule has 0 aliphatic heterocycles. The van der Waals surface area contributed by atoms with Gasteiger partial charge < -0.3 is 14.8 Å². The number of rotatable bonds is 14. The zero-order valence-electron chi connectivity index (χ0n) is 16.3. The Labute approximate surface area is 178 Å². The molecule has 0 bridgehead atoms. The summed E-state index contributed by atoms with van der Waals surface area (Å²) in [5, 5.41) is 14.1. The van der Waals surface area contributed by atoms with Crippen LogP contribution in [0.1, 0.15) is 25.7 Å². The molecule has 29 heavy (non-hydrogen) atoms. The number of nitrogens with zero attached hydrogens (tertiary/aromatic N) is 2. The summed E-state index contributed by atoms with van der Waals surface area (Å²) in [5.41, 5.74) is 1.78. The van der Waals surface area contributed by atoms with E-state index in [0.717, 1.165) is 48.4 Å². The van der Waals surface area contributed by atoms with E-state index in [1.807, 2.05) is 29.6 Å². The number of aromatic nitrogens is 1. The van der Waals surface area contributed by atoms with Gasteiger partial charge in [-0.3, -0.25) is 10.0 Å². The van der Waals surface area contributed by atoms with Crippen molar-refractivity contribution in [1.29, 1.82) is 0 Å². The molecule has 1 heterocycles. The lowest BCUT2D eigenvalue weighted by Gasteiger charge is -2.07. The summed E-state index contributed by atoms with van der Waals surface area (Å²) in [4.78, 5) is 16.5. The lowest BCUT2D eigenvalue weighted by atomic mass is 10.2. The van der Waals surface area contributed by atoms with Crippen molar-refractivity contribution >= 4 is 34.5 Å². The zero-order valence-corrected chi connectivity index (χ0v) is 17.9. The largest absolute Gasteiger partial charge is 0.491 e. The highest BCUT2D eigenvalue weighted by Crippen LogP contribution is 2.26. The van der Waals surface area contributed by atoms with Crippen LogP contribution in [0, 0.1) is 0 Å². The minimum atomic E-state index is -0.0429. The summed E-state index contributed by atoms with van der Waals surface area (Å²) in [6, 6.07) is 7.66. The molecule has 2 aromatic rings. The average Bonchev–Trinajstić information content (AvgIpc) is 3.16. The number of nitrogens with two attached hydrogens (primary N) is 1. The predicted molar refractivity (Wildman–Crippen MR) is 115 cm³/mol. The van der Waals surface area contributed by atoms with Crippen LogP contribution in [-0.2, 0) is 9.53 Å². The molecule has 0 radical (unpaired) electrons. The van der Waals surface area contributed by atoms with Gasteiger partial charge in [-0.2, -0.15) is 0 Å². The maximum atomic E-state index is 12.1. The summed E-state index contributed by atoms with van der Waals surface area (Å²) >= 11 is 2.32. The van der Waals surface area contributed by atoms with Crippen molar-refractivity contribution in [2.45, 2.75) is 25.7 Å². The van der Waals surface area contributed by atoms with E-state index in [1.54, 1.807) is 7.11 Å². The van der Waals surface area contributed by atoms with Gasteiger partial charge in [0.1, 0.15) is 12.4 Å². The van der Waals surface area contributed by atoms with Gasteiger partial charge in [-0.1, -0.05) is 11.0 Å². The molecular formula is C18H27N5O4S2. The molecule has 0 aliphatic carbocycles. The molecule has 0 saturated carbocycles. The van der Waals surface area contributed by atoms with Crippen molar-refractivity contribution in [3.05, 3.63) is 29.6 Å². The normalized spacial score (nSPS) is 11.0. The van der Waals surface area contributed by atoms with Gasteiger partial charge in [0.25, 0.3) is 0 Å². The zero-order chi connectivity index (χ0) is 20.9. The molecule has 1 aromatic heterocycles. The molecule has 0 unspecified atom stereocenters. The van der Waals surface area contributed by atoms with Gasteiger partial charge in [-0.15, -0.1) is 11.3 Å². The number of carbonyl (C=O) groups excluding carboxylic acids is 1. The predicted octanol–water partition coefficient (Wildman–Crippen LogP) is 3.05. The average molecular weight is 442 g/mol. The number of hydrazine groups is 1. The molecular weight excluding hydrogens is 414 g/mol. The third-order valence-corrected chi connectivity index (χ3v) is 5.08. The first-order chi connectivity index (χ1) is 14.1. The van der Waals surface area contributed by atoms with E-state index in [1.165, 1.54) is 11.3 Å². The monoisotopic (exact) mass is 441 g/mol. The number of methoxy groups -OCH3 is 1. The van der Waals surface area contributed by atoms with Crippen LogP contribution in [0.5, 0.6) is 5.75 Å². The number of anilines is 1. The summed E-state index contributed by atoms with van der Waals surface area (Å²) in [7, 11) is 1.64. The fraction of sp³-hybridized carbons (Fsp3) is 0.444. The fourth-order valence-electron chi connectivity index (χ4n) is 2.38. The number of carbonyl (C=O) groups is 1. The van der Waals surface area contributed by atoms with Crippen molar-refractivity contribution in [3.63, 3.8) is 0 Å². The third kappa shape index (κ3) is 9.54. The molecule has 11 heteroatoms.